The fraction of sp³-hybridized carbons (Fsp3) is 0.480. The number of nitrogens with zero attached hydrogens (tertiary/aromatic N) is 4. The fourth-order valence-corrected chi connectivity index (χ4v) is 5.00. The number of hydrogen-bond acceptors (Lipinski definition) is 7. The van der Waals surface area contributed by atoms with E-state index in [1.54, 1.807) is 0 Å². The summed E-state index contributed by atoms with van der Waals surface area (Å²) < 4.78 is 20.6. The Morgan fingerprint density at radius 3 is 2.46 bits per heavy atom. The average Bonchev–Trinajstić information content (AvgIpc) is 3.12. The van der Waals surface area contributed by atoms with E-state index in [9.17, 15) is 28.7 Å². The number of amides is 3. The molecule has 0 saturated carbocycles. The summed E-state index contributed by atoms with van der Waals surface area (Å²) in [6.45, 7) is 1.83. The first kappa shape index (κ1) is 26.3. The highest BCUT2D eigenvalue weighted by atomic mass is 19.1. The second-order valence-electron chi connectivity index (χ2n) is 9.58. The van der Waals surface area contributed by atoms with Crippen LogP contribution in [0.1, 0.15) is 54.1 Å². The Balaban J connectivity index is 1.81. The van der Waals surface area contributed by atoms with Crippen molar-refractivity contribution in [3.05, 3.63) is 57.5 Å². The minimum Gasteiger partial charge on any atom is -0.501 e. The van der Waals surface area contributed by atoms with Crippen LogP contribution in [-0.2, 0) is 26.4 Å². The molecule has 0 spiro atoms. The third-order valence-corrected chi connectivity index (χ3v) is 7.18. The van der Waals surface area contributed by atoms with Crippen LogP contribution < -0.4 is 10.9 Å². The molecule has 3 amide bonds. The van der Waals surface area contributed by atoms with E-state index >= 15 is 0 Å². The maximum absolute atomic E-state index is 13.5. The van der Waals surface area contributed by atoms with Crippen LogP contribution in [0.3, 0.4) is 0 Å². The van der Waals surface area contributed by atoms with E-state index < -0.39 is 52.1 Å². The average molecular weight is 516 g/mol. The number of hydrogen-bond donors (Lipinski definition) is 2. The van der Waals surface area contributed by atoms with Gasteiger partial charge in [0.15, 0.2) is 5.69 Å². The highest BCUT2D eigenvalue weighted by Gasteiger charge is 2.53. The molecule has 0 aliphatic carbocycles. The van der Waals surface area contributed by atoms with E-state index in [-0.39, 0.29) is 25.1 Å². The summed E-state index contributed by atoms with van der Waals surface area (Å²) in [7, 11) is 4.35. The number of carbonyl (C=O) groups excluding carboxylic acids is 3. The molecule has 11 nitrogen and oxygen atoms in total. The molecule has 2 N–H and O–H groups in total. The molecule has 37 heavy (non-hydrogen) atoms. The molecule has 1 aromatic carbocycles. The van der Waals surface area contributed by atoms with E-state index in [0.717, 1.165) is 4.90 Å². The number of fused-ring (bicyclic) bond motifs is 2. The second kappa shape index (κ2) is 9.92. The van der Waals surface area contributed by atoms with Crippen molar-refractivity contribution < 1.29 is 28.6 Å². The summed E-state index contributed by atoms with van der Waals surface area (Å²) in [5.41, 5.74) is -2.05. The Bertz CT molecular complexity index is 1280. The van der Waals surface area contributed by atoms with Crippen molar-refractivity contribution in [1.82, 2.24) is 24.7 Å². The molecule has 3 unspecified atom stereocenters. The maximum Gasteiger partial charge on any atom is 0.312 e. The van der Waals surface area contributed by atoms with Gasteiger partial charge in [-0.25, -0.2) is 9.37 Å². The molecule has 4 heterocycles. The molecule has 5 rings (SSSR count). The van der Waals surface area contributed by atoms with Crippen LogP contribution in [0.5, 0.6) is 5.75 Å². The minimum atomic E-state index is -1.32. The number of halogens is 1. The topological polar surface area (TPSA) is 134 Å². The lowest BCUT2D eigenvalue weighted by atomic mass is 9.87. The molecule has 0 radical (unpaired) electrons. The summed E-state index contributed by atoms with van der Waals surface area (Å²) in [6.07, 6.45) is 0.913. The summed E-state index contributed by atoms with van der Waals surface area (Å²) in [6, 6.07) is 5.00. The number of ether oxygens (including phenoxy) is 1. The Labute approximate surface area is 212 Å². The van der Waals surface area contributed by atoms with Gasteiger partial charge in [-0.05, 0) is 37.0 Å². The van der Waals surface area contributed by atoms with Crippen molar-refractivity contribution in [2.75, 3.05) is 27.7 Å². The van der Waals surface area contributed by atoms with Gasteiger partial charge in [-0.1, -0.05) is 19.1 Å². The number of aromatic hydroxyl groups is 1. The van der Waals surface area contributed by atoms with Crippen LogP contribution in [-0.4, -0.2) is 76.0 Å². The molecule has 1 fully saturated rings. The third kappa shape index (κ3) is 4.45. The SMILES string of the molecule is CCC1C2CCC(N(C)C(=O)C(=O)N(C)C)(CO2)c2nc(C(=O)NCc3ccc(F)cc3)c(O)c(=O)n21. The van der Waals surface area contributed by atoms with Gasteiger partial charge >= 0.3 is 11.8 Å². The van der Waals surface area contributed by atoms with Gasteiger partial charge in [0.1, 0.15) is 17.2 Å². The van der Waals surface area contributed by atoms with Gasteiger partial charge in [-0.15, -0.1) is 0 Å². The fourth-order valence-electron chi connectivity index (χ4n) is 5.00. The smallest absolute Gasteiger partial charge is 0.312 e. The number of benzene rings is 1. The predicted molar refractivity (Wildman–Crippen MR) is 129 cm³/mol. The second-order valence-corrected chi connectivity index (χ2v) is 9.58. The van der Waals surface area contributed by atoms with Gasteiger partial charge in [0, 0.05) is 27.7 Å². The predicted octanol–water partition coefficient (Wildman–Crippen LogP) is 0.904. The maximum atomic E-state index is 13.5. The summed E-state index contributed by atoms with van der Waals surface area (Å²) >= 11 is 0. The van der Waals surface area contributed by atoms with Gasteiger partial charge in [0.05, 0.1) is 18.8 Å². The molecule has 3 atom stereocenters. The first-order valence-corrected chi connectivity index (χ1v) is 12.0. The van der Waals surface area contributed by atoms with E-state index in [0.29, 0.717) is 24.8 Å². The Hall–Kier alpha value is -3.80. The lowest BCUT2D eigenvalue weighted by molar-refractivity contribution is -0.159. The minimum absolute atomic E-state index is 0.00227. The summed E-state index contributed by atoms with van der Waals surface area (Å²) in [4.78, 5) is 59.0. The third-order valence-electron chi connectivity index (χ3n) is 7.18. The lowest BCUT2D eigenvalue weighted by Crippen LogP contribution is -2.57. The van der Waals surface area contributed by atoms with Gasteiger partial charge in [-0.2, -0.15) is 0 Å². The van der Waals surface area contributed by atoms with Crippen LogP contribution in [0.4, 0.5) is 4.39 Å². The van der Waals surface area contributed by atoms with Crippen LogP contribution in [0.15, 0.2) is 29.1 Å². The van der Waals surface area contributed by atoms with Crippen molar-refractivity contribution in [1.29, 1.82) is 0 Å². The number of carbonyl (C=O) groups is 3. The Morgan fingerprint density at radius 2 is 1.89 bits per heavy atom. The molecule has 1 saturated heterocycles. The van der Waals surface area contributed by atoms with Crippen molar-refractivity contribution in [2.24, 2.45) is 0 Å². The van der Waals surface area contributed by atoms with Gasteiger partial charge in [0.2, 0.25) is 5.75 Å². The molecule has 2 aromatic rings. The quantitative estimate of drug-likeness (QED) is 0.565. The van der Waals surface area contributed by atoms with Crippen LogP contribution in [0.2, 0.25) is 0 Å². The highest BCUT2D eigenvalue weighted by Crippen LogP contribution is 2.44. The monoisotopic (exact) mass is 515 g/mol. The zero-order chi connectivity index (χ0) is 27.1. The van der Waals surface area contributed by atoms with Crippen molar-refractivity contribution in [3.8, 4) is 5.75 Å². The summed E-state index contributed by atoms with van der Waals surface area (Å²) in [5, 5.41) is 13.3. The van der Waals surface area contributed by atoms with Gasteiger partial charge in [-0.3, -0.25) is 23.7 Å². The standard InChI is InChI=1S/C25H30FN5O6/c1-5-16-17-10-11-25(13-37-17,30(4)23(36)22(35)29(2)3)24-28-18(19(32)21(34)31(16)24)20(33)27-12-14-6-8-15(26)9-7-14/h6-9,16-17,32H,5,10-13H2,1-4H3,(H,27,33). The molecule has 3 aliphatic heterocycles. The first-order valence-electron chi connectivity index (χ1n) is 12.0. The first-order chi connectivity index (χ1) is 17.5. The lowest BCUT2D eigenvalue weighted by Gasteiger charge is -2.43. The van der Waals surface area contributed by atoms with Gasteiger partial charge in [0.25, 0.3) is 11.5 Å². The number of nitrogens with one attached hydrogen (secondary N) is 1. The van der Waals surface area contributed by atoms with Crippen LogP contribution >= 0.6 is 0 Å². The molecule has 198 valence electrons. The number of likely N-dealkylation sites (N-methyl/N-ethyl adjacent to an activating group) is 2. The summed E-state index contributed by atoms with van der Waals surface area (Å²) in [5.74, 6) is -3.57. The molecule has 3 aliphatic rings. The number of rotatable bonds is 5. The molecule has 2 bridgehead atoms. The van der Waals surface area contributed by atoms with E-state index in [4.69, 9.17) is 4.74 Å². The van der Waals surface area contributed by atoms with E-state index in [2.05, 4.69) is 10.3 Å². The van der Waals surface area contributed by atoms with E-state index in [1.807, 2.05) is 6.92 Å². The number of aromatic nitrogens is 2. The largest absolute Gasteiger partial charge is 0.501 e. The Kier molecular flexibility index (Phi) is 7.05. The molecule has 12 heteroatoms. The normalized spacial score (nSPS) is 22.1. The van der Waals surface area contributed by atoms with Crippen LogP contribution in [0, 0.1) is 5.82 Å². The molecular weight excluding hydrogens is 485 g/mol. The van der Waals surface area contributed by atoms with Crippen LogP contribution in [0.25, 0.3) is 0 Å². The molecular formula is C25H30FN5O6. The van der Waals surface area contributed by atoms with Crippen molar-refractivity contribution in [2.45, 2.75) is 50.4 Å². The van der Waals surface area contributed by atoms with Gasteiger partial charge < -0.3 is 25.0 Å². The Morgan fingerprint density at radius 1 is 1.22 bits per heavy atom. The zero-order valence-electron chi connectivity index (χ0n) is 21.2. The van der Waals surface area contributed by atoms with E-state index in [1.165, 1.54) is 54.9 Å². The zero-order valence-corrected chi connectivity index (χ0v) is 21.2. The van der Waals surface area contributed by atoms with Crippen molar-refractivity contribution >= 4 is 17.7 Å². The highest BCUT2D eigenvalue weighted by molar-refractivity contribution is 6.34. The molecule has 1 aromatic heterocycles. The van der Waals surface area contributed by atoms with Crippen molar-refractivity contribution in [3.63, 3.8) is 0 Å².